The maximum Gasteiger partial charge on any atom is 0.164 e. The van der Waals surface area contributed by atoms with Crippen LogP contribution in [0.15, 0.2) is 24.3 Å². The first-order valence-electron chi connectivity index (χ1n) is 8.21. The van der Waals surface area contributed by atoms with E-state index in [1.807, 2.05) is 24.3 Å². The van der Waals surface area contributed by atoms with E-state index in [2.05, 4.69) is 18.7 Å². The van der Waals surface area contributed by atoms with Crippen LogP contribution in [0.5, 0.6) is 5.75 Å². The average Bonchev–Trinajstić information content (AvgIpc) is 3.21. The Morgan fingerprint density at radius 1 is 1.24 bits per heavy atom. The second-order valence-corrected chi connectivity index (χ2v) is 5.95. The number of nitrogens with zero attached hydrogens (tertiary/aromatic N) is 1. The third-order valence-corrected chi connectivity index (χ3v) is 4.06. The van der Waals surface area contributed by atoms with E-state index < -0.39 is 0 Å². The Labute approximate surface area is 128 Å². The molecule has 3 heteroatoms. The monoisotopic (exact) mass is 289 g/mol. The van der Waals surface area contributed by atoms with Crippen molar-refractivity contribution in [2.45, 2.75) is 52.0 Å². The molecule has 2 unspecified atom stereocenters. The number of hydrogen-bond donors (Lipinski definition) is 0. The molecular weight excluding hydrogens is 262 g/mol. The number of carbonyl (C=O) groups is 1. The quantitative estimate of drug-likeness (QED) is 0.371. The van der Waals surface area contributed by atoms with E-state index >= 15 is 0 Å². The first kappa shape index (κ1) is 16.0. The highest BCUT2D eigenvalue weighted by Crippen LogP contribution is 2.18. The molecule has 116 valence electrons. The molecular formula is C18H27NO2. The molecule has 1 aliphatic rings. The molecule has 3 nitrogen and oxygen atoms in total. The molecule has 1 aromatic rings. The van der Waals surface area contributed by atoms with Gasteiger partial charge in [-0.3, -0.25) is 9.69 Å². The minimum Gasteiger partial charge on any atom is -0.494 e. The minimum absolute atomic E-state index is 0.226. The van der Waals surface area contributed by atoms with Crippen molar-refractivity contribution in [1.29, 1.82) is 0 Å². The number of carbonyl (C=O) groups excluding carboxylic acids is 1. The molecule has 0 aliphatic carbocycles. The van der Waals surface area contributed by atoms with Crippen molar-refractivity contribution in [3.8, 4) is 5.75 Å². The van der Waals surface area contributed by atoms with Crippen LogP contribution in [0.1, 0.15) is 56.3 Å². The summed E-state index contributed by atoms with van der Waals surface area (Å²) in [7, 11) is 0. The van der Waals surface area contributed by atoms with Crippen molar-refractivity contribution in [1.82, 2.24) is 4.90 Å². The predicted octanol–water partition coefficient (Wildman–Crippen LogP) is 3.92. The fourth-order valence-corrected chi connectivity index (χ4v) is 2.45. The van der Waals surface area contributed by atoms with Gasteiger partial charge in [-0.15, -0.1) is 0 Å². The highest BCUT2D eigenvalue weighted by molar-refractivity contribution is 5.96. The molecule has 1 aliphatic heterocycles. The van der Waals surface area contributed by atoms with Crippen LogP contribution in [-0.2, 0) is 0 Å². The first-order valence-corrected chi connectivity index (χ1v) is 8.21. The van der Waals surface area contributed by atoms with E-state index in [1.165, 1.54) is 19.3 Å². The highest BCUT2D eigenvalue weighted by Gasteiger charge is 2.28. The Hall–Kier alpha value is -1.35. The third kappa shape index (κ3) is 5.50. The van der Waals surface area contributed by atoms with Gasteiger partial charge in [0.2, 0.25) is 0 Å². The Morgan fingerprint density at radius 2 is 1.95 bits per heavy atom. The van der Waals surface area contributed by atoms with Gasteiger partial charge >= 0.3 is 0 Å². The van der Waals surface area contributed by atoms with Gasteiger partial charge in [0.1, 0.15) is 5.75 Å². The molecule has 0 spiro atoms. The summed E-state index contributed by atoms with van der Waals surface area (Å²) in [6.07, 6.45) is 5.45. The largest absolute Gasteiger partial charge is 0.494 e. The van der Waals surface area contributed by atoms with Gasteiger partial charge in [0, 0.05) is 31.1 Å². The lowest BCUT2D eigenvalue weighted by Gasteiger charge is -2.07. The van der Waals surface area contributed by atoms with Gasteiger partial charge in [-0.25, -0.2) is 0 Å². The summed E-state index contributed by atoms with van der Waals surface area (Å²) in [6.45, 7) is 7.18. The molecule has 0 radical (unpaired) electrons. The molecule has 0 amide bonds. The van der Waals surface area contributed by atoms with Crippen LogP contribution in [0, 0.1) is 0 Å². The molecule has 1 aromatic carbocycles. The van der Waals surface area contributed by atoms with E-state index in [-0.39, 0.29) is 5.78 Å². The number of ketones is 1. The summed E-state index contributed by atoms with van der Waals surface area (Å²) in [4.78, 5) is 14.4. The molecule has 1 heterocycles. The number of hydrogen-bond acceptors (Lipinski definition) is 3. The maximum atomic E-state index is 12.1. The molecule has 2 atom stereocenters. The predicted molar refractivity (Wildman–Crippen MR) is 86.1 cm³/mol. The summed E-state index contributed by atoms with van der Waals surface area (Å²) >= 11 is 0. The van der Waals surface area contributed by atoms with Crippen molar-refractivity contribution in [3.05, 3.63) is 29.8 Å². The number of Topliss-reactive ketones (excluding diaryl/α,β-unsaturated/α-hetero) is 1. The Morgan fingerprint density at radius 3 is 2.57 bits per heavy atom. The number of ether oxygens (including phenoxy) is 1. The lowest BCUT2D eigenvalue weighted by Crippen LogP contribution is -2.09. The van der Waals surface area contributed by atoms with Crippen molar-refractivity contribution in [2.75, 3.05) is 19.7 Å². The second kappa shape index (κ2) is 8.18. The minimum atomic E-state index is 0.226. The molecule has 0 bridgehead atoms. The summed E-state index contributed by atoms with van der Waals surface area (Å²) < 4.78 is 5.69. The van der Waals surface area contributed by atoms with Gasteiger partial charge < -0.3 is 4.74 Å². The first-order chi connectivity index (χ1) is 10.2. The summed E-state index contributed by atoms with van der Waals surface area (Å²) in [5.41, 5.74) is 0.794. The van der Waals surface area contributed by atoms with Crippen molar-refractivity contribution >= 4 is 5.78 Å². The zero-order valence-corrected chi connectivity index (χ0v) is 13.3. The van der Waals surface area contributed by atoms with Crippen LogP contribution < -0.4 is 4.74 Å². The molecule has 0 N–H and O–H groups in total. The Balaban J connectivity index is 1.69. The van der Waals surface area contributed by atoms with Crippen LogP contribution in [0.4, 0.5) is 0 Å². The lowest BCUT2D eigenvalue weighted by atomic mass is 10.1. The summed E-state index contributed by atoms with van der Waals surface area (Å²) in [6, 6.07) is 8.26. The van der Waals surface area contributed by atoms with Crippen LogP contribution in [0.3, 0.4) is 0 Å². The summed E-state index contributed by atoms with van der Waals surface area (Å²) in [5, 5.41) is 0. The second-order valence-electron chi connectivity index (χ2n) is 5.95. The number of benzene rings is 1. The van der Waals surface area contributed by atoms with Gasteiger partial charge in [0.25, 0.3) is 0 Å². The van der Waals surface area contributed by atoms with Crippen LogP contribution in [0.2, 0.25) is 0 Å². The van der Waals surface area contributed by atoms with Gasteiger partial charge in [-0.1, -0.05) is 26.2 Å². The lowest BCUT2D eigenvalue weighted by molar-refractivity contribution is 0.0977. The molecule has 2 rings (SSSR count). The van der Waals surface area contributed by atoms with Crippen molar-refractivity contribution in [3.63, 3.8) is 0 Å². The number of unbranched alkanes of at least 4 members (excludes halogenated alkanes) is 3. The maximum absolute atomic E-state index is 12.1. The average molecular weight is 289 g/mol. The fourth-order valence-electron chi connectivity index (χ4n) is 2.45. The van der Waals surface area contributed by atoms with Gasteiger partial charge in [0.15, 0.2) is 5.78 Å². The number of rotatable bonds is 10. The van der Waals surface area contributed by atoms with Crippen LogP contribution in [0.25, 0.3) is 0 Å². The van der Waals surface area contributed by atoms with Crippen LogP contribution >= 0.6 is 0 Å². The molecule has 1 saturated heterocycles. The van der Waals surface area contributed by atoms with Crippen LogP contribution in [-0.4, -0.2) is 36.4 Å². The molecule has 0 aromatic heterocycles. The van der Waals surface area contributed by atoms with E-state index in [0.29, 0.717) is 12.5 Å². The summed E-state index contributed by atoms with van der Waals surface area (Å²) in [5.74, 6) is 1.09. The molecule has 1 fully saturated rings. The Kier molecular flexibility index (Phi) is 6.24. The zero-order chi connectivity index (χ0) is 15.1. The zero-order valence-electron chi connectivity index (χ0n) is 13.3. The van der Waals surface area contributed by atoms with Gasteiger partial charge in [-0.05, 0) is 37.6 Å². The normalized spacial score (nSPS) is 20.3. The van der Waals surface area contributed by atoms with E-state index in [4.69, 9.17) is 4.74 Å². The third-order valence-electron chi connectivity index (χ3n) is 4.06. The fraction of sp³-hybridized carbons (Fsp3) is 0.611. The van der Waals surface area contributed by atoms with E-state index in [1.54, 1.807) is 0 Å². The van der Waals surface area contributed by atoms with Gasteiger partial charge in [-0.2, -0.15) is 0 Å². The molecule has 0 saturated carbocycles. The van der Waals surface area contributed by atoms with Crippen molar-refractivity contribution < 1.29 is 9.53 Å². The standard InChI is InChI=1S/C18H27NO2/c1-3-4-5-6-13-21-17-9-7-16(8-10-17)18(20)11-12-19-14-15(19)2/h7-10,15H,3-6,11-14H2,1-2H3. The van der Waals surface area contributed by atoms with Crippen molar-refractivity contribution in [2.24, 2.45) is 0 Å². The van der Waals surface area contributed by atoms with E-state index in [9.17, 15) is 4.79 Å². The van der Waals surface area contributed by atoms with Gasteiger partial charge in [0.05, 0.1) is 6.61 Å². The SMILES string of the molecule is CCCCCCOc1ccc(C(=O)CCN2CC2C)cc1. The smallest absolute Gasteiger partial charge is 0.164 e. The Bertz CT molecular complexity index is 441. The highest BCUT2D eigenvalue weighted by atomic mass is 16.5. The topological polar surface area (TPSA) is 29.3 Å². The van der Waals surface area contributed by atoms with E-state index in [0.717, 1.165) is 37.4 Å². The molecule has 21 heavy (non-hydrogen) atoms.